The van der Waals surface area contributed by atoms with E-state index in [-0.39, 0.29) is 11.4 Å². The van der Waals surface area contributed by atoms with Crippen LogP contribution in [0.2, 0.25) is 0 Å². The zero-order chi connectivity index (χ0) is 16.6. The minimum absolute atomic E-state index is 0.253. The molecule has 2 heterocycles. The van der Waals surface area contributed by atoms with Crippen molar-refractivity contribution >= 4 is 28.0 Å². The van der Waals surface area contributed by atoms with Crippen LogP contribution in [0.1, 0.15) is 19.8 Å². The maximum Gasteiger partial charge on any atom is 0.301 e. The van der Waals surface area contributed by atoms with Crippen LogP contribution in [0, 0.1) is 26.1 Å². The lowest BCUT2D eigenvalue weighted by molar-refractivity contribution is -0.392. The first-order valence-corrected chi connectivity index (χ1v) is 7.44. The molecule has 1 saturated heterocycles. The maximum absolute atomic E-state index is 11.5. The number of piperidine rings is 1. The summed E-state index contributed by atoms with van der Waals surface area (Å²) in [5.74, 6) is 0.414. The van der Waals surface area contributed by atoms with Crippen molar-refractivity contribution in [3.8, 4) is 0 Å². The van der Waals surface area contributed by atoms with Gasteiger partial charge in [-0.05, 0) is 30.9 Å². The highest BCUT2D eigenvalue weighted by Crippen LogP contribution is 2.41. The summed E-state index contributed by atoms with van der Waals surface area (Å²) < 4.78 is 0. The van der Waals surface area contributed by atoms with Crippen LogP contribution in [-0.4, -0.2) is 27.9 Å². The molecule has 8 heteroatoms. The molecule has 8 nitrogen and oxygen atoms in total. The van der Waals surface area contributed by atoms with Crippen LogP contribution in [0.5, 0.6) is 0 Å². The van der Waals surface area contributed by atoms with E-state index in [0.29, 0.717) is 35.6 Å². The van der Waals surface area contributed by atoms with Gasteiger partial charge in [-0.15, -0.1) is 0 Å². The van der Waals surface area contributed by atoms with Crippen molar-refractivity contribution in [1.29, 1.82) is 0 Å². The van der Waals surface area contributed by atoms with Crippen LogP contribution >= 0.6 is 0 Å². The highest BCUT2D eigenvalue weighted by molar-refractivity contribution is 6.01. The van der Waals surface area contributed by atoms with Gasteiger partial charge in [-0.2, -0.15) is 0 Å². The fraction of sp³-hybridized carbons (Fsp3) is 0.400. The Morgan fingerprint density at radius 3 is 2.65 bits per heavy atom. The van der Waals surface area contributed by atoms with E-state index >= 15 is 0 Å². The van der Waals surface area contributed by atoms with Gasteiger partial charge in [0.25, 0.3) is 5.69 Å². The van der Waals surface area contributed by atoms with Gasteiger partial charge in [0, 0.05) is 19.3 Å². The number of anilines is 1. The summed E-state index contributed by atoms with van der Waals surface area (Å²) >= 11 is 0. The molecule has 23 heavy (non-hydrogen) atoms. The van der Waals surface area contributed by atoms with Crippen LogP contribution in [0.25, 0.3) is 10.9 Å². The number of benzene rings is 1. The summed E-state index contributed by atoms with van der Waals surface area (Å²) in [6.45, 7) is 3.47. The molecule has 1 aromatic heterocycles. The predicted octanol–water partition coefficient (Wildman–Crippen LogP) is 3.29. The van der Waals surface area contributed by atoms with Crippen molar-refractivity contribution in [3.63, 3.8) is 0 Å². The molecule has 0 bridgehead atoms. The minimum Gasteiger partial charge on any atom is -0.364 e. The van der Waals surface area contributed by atoms with Crippen molar-refractivity contribution in [2.75, 3.05) is 18.0 Å². The van der Waals surface area contributed by atoms with Gasteiger partial charge in [0.1, 0.15) is 11.2 Å². The summed E-state index contributed by atoms with van der Waals surface area (Å²) in [4.78, 5) is 27.8. The molecule has 0 spiro atoms. The van der Waals surface area contributed by atoms with Gasteiger partial charge in [0.05, 0.1) is 21.3 Å². The summed E-state index contributed by atoms with van der Waals surface area (Å²) in [6.07, 6.45) is 3.51. The van der Waals surface area contributed by atoms with E-state index < -0.39 is 9.85 Å². The SMILES string of the molecule is C[C@@H]1CCCN(c2c([N+](=O)[O-])cc([N+](=O)[O-])c3cccnc23)C1. The second-order valence-corrected chi connectivity index (χ2v) is 5.87. The van der Waals surface area contributed by atoms with Gasteiger partial charge in [0.15, 0.2) is 0 Å². The van der Waals surface area contributed by atoms with Crippen LogP contribution in [-0.2, 0) is 0 Å². The smallest absolute Gasteiger partial charge is 0.301 e. The van der Waals surface area contributed by atoms with Gasteiger partial charge in [-0.1, -0.05) is 6.92 Å². The topological polar surface area (TPSA) is 102 Å². The van der Waals surface area contributed by atoms with E-state index in [1.807, 2.05) is 4.90 Å². The second kappa shape index (κ2) is 5.79. The average Bonchev–Trinajstić information content (AvgIpc) is 2.52. The van der Waals surface area contributed by atoms with Crippen LogP contribution in [0.3, 0.4) is 0 Å². The first-order valence-electron chi connectivity index (χ1n) is 7.44. The maximum atomic E-state index is 11.5. The first kappa shape index (κ1) is 15.1. The molecule has 120 valence electrons. The number of nitro benzene ring substituents is 2. The molecule has 1 aliphatic rings. The van der Waals surface area contributed by atoms with Crippen LogP contribution < -0.4 is 4.90 Å². The normalized spacial score (nSPS) is 18.1. The summed E-state index contributed by atoms with van der Waals surface area (Å²) in [6, 6.07) is 4.24. The Bertz CT molecular complexity index is 792. The number of pyridine rings is 1. The zero-order valence-electron chi connectivity index (χ0n) is 12.6. The molecule has 1 aliphatic heterocycles. The standard InChI is InChI=1S/C15H16N4O4/c1-10-4-3-7-17(9-10)15-13(19(22)23)8-12(18(20)21)11-5-2-6-16-14(11)15/h2,5-6,8,10H,3-4,7,9H2,1H3/t10-/m1/s1. The van der Waals surface area contributed by atoms with Crippen LogP contribution in [0.15, 0.2) is 24.4 Å². The summed E-state index contributed by atoms with van der Waals surface area (Å²) in [7, 11) is 0. The lowest BCUT2D eigenvalue weighted by atomic mass is 9.98. The quantitative estimate of drug-likeness (QED) is 0.636. The van der Waals surface area contributed by atoms with Gasteiger partial charge >= 0.3 is 5.69 Å². The lowest BCUT2D eigenvalue weighted by Crippen LogP contribution is -2.34. The van der Waals surface area contributed by atoms with E-state index in [1.54, 1.807) is 12.1 Å². The first-order chi connectivity index (χ1) is 11.0. The highest BCUT2D eigenvalue weighted by Gasteiger charge is 2.31. The number of hydrogen-bond acceptors (Lipinski definition) is 6. The van der Waals surface area contributed by atoms with Crippen LogP contribution in [0.4, 0.5) is 17.1 Å². The molecular weight excluding hydrogens is 300 g/mol. The molecule has 0 saturated carbocycles. The van der Waals surface area contributed by atoms with Crippen molar-refractivity contribution in [2.24, 2.45) is 5.92 Å². The molecule has 2 aromatic rings. The molecule has 3 rings (SSSR count). The Kier molecular flexibility index (Phi) is 3.81. The molecule has 1 atom stereocenters. The Morgan fingerprint density at radius 2 is 2.00 bits per heavy atom. The van der Waals surface area contributed by atoms with Crippen molar-refractivity contribution in [2.45, 2.75) is 19.8 Å². The second-order valence-electron chi connectivity index (χ2n) is 5.87. The number of non-ortho nitro benzene ring substituents is 1. The Hall–Kier alpha value is -2.77. The fourth-order valence-electron chi connectivity index (χ4n) is 3.19. The molecule has 0 N–H and O–H groups in total. The molecular formula is C15H16N4O4. The largest absolute Gasteiger partial charge is 0.364 e. The van der Waals surface area contributed by atoms with Gasteiger partial charge < -0.3 is 4.90 Å². The third-order valence-electron chi connectivity index (χ3n) is 4.19. The highest BCUT2D eigenvalue weighted by atomic mass is 16.6. The summed E-state index contributed by atoms with van der Waals surface area (Å²) in [5, 5.41) is 23.1. The van der Waals surface area contributed by atoms with Gasteiger partial charge in [-0.3, -0.25) is 25.2 Å². The molecule has 0 unspecified atom stereocenters. The van der Waals surface area contributed by atoms with Crippen molar-refractivity contribution in [1.82, 2.24) is 4.98 Å². The third-order valence-corrected chi connectivity index (χ3v) is 4.19. The van der Waals surface area contributed by atoms with E-state index in [9.17, 15) is 20.2 Å². The number of nitro groups is 2. The van der Waals surface area contributed by atoms with E-state index in [2.05, 4.69) is 11.9 Å². The summed E-state index contributed by atoms with van der Waals surface area (Å²) in [5.41, 5.74) is 0.177. The van der Waals surface area contributed by atoms with E-state index in [4.69, 9.17) is 0 Å². The number of rotatable bonds is 3. The molecule has 0 aliphatic carbocycles. The number of nitrogens with zero attached hydrogens (tertiary/aromatic N) is 4. The van der Waals surface area contributed by atoms with Gasteiger partial charge in [-0.25, -0.2) is 0 Å². The monoisotopic (exact) mass is 316 g/mol. The average molecular weight is 316 g/mol. The minimum atomic E-state index is -0.598. The predicted molar refractivity (Wildman–Crippen MR) is 85.7 cm³/mol. The molecule has 1 aromatic carbocycles. The van der Waals surface area contributed by atoms with Crippen molar-refractivity contribution < 1.29 is 9.85 Å². The molecule has 0 radical (unpaired) electrons. The Morgan fingerprint density at radius 1 is 1.26 bits per heavy atom. The fourth-order valence-corrected chi connectivity index (χ4v) is 3.19. The zero-order valence-corrected chi connectivity index (χ0v) is 12.6. The molecule has 1 fully saturated rings. The van der Waals surface area contributed by atoms with E-state index in [0.717, 1.165) is 18.9 Å². The third kappa shape index (κ3) is 2.67. The lowest BCUT2D eigenvalue weighted by Gasteiger charge is -2.32. The molecule has 0 amide bonds. The van der Waals surface area contributed by atoms with E-state index in [1.165, 1.54) is 6.20 Å². The Labute approximate surface area is 132 Å². The number of hydrogen-bond donors (Lipinski definition) is 0. The number of aromatic nitrogens is 1. The number of fused-ring (bicyclic) bond motifs is 1. The Balaban J connectivity index is 2.30. The van der Waals surface area contributed by atoms with Crippen molar-refractivity contribution in [3.05, 3.63) is 44.6 Å². The van der Waals surface area contributed by atoms with Gasteiger partial charge in [0.2, 0.25) is 0 Å².